The predicted molar refractivity (Wildman–Crippen MR) is 297 cm³/mol. The Balaban J connectivity index is 1.13. The van der Waals surface area contributed by atoms with E-state index in [1.807, 2.05) is 0 Å². The molecule has 10 aromatic rings. The van der Waals surface area contributed by atoms with Crippen LogP contribution in [0.5, 0.6) is 0 Å². The monoisotopic (exact) mass is 887 g/mol. The molecule has 69 heavy (non-hydrogen) atoms. The summed E-state index contributed by atoms with van der Waals surface area (Å²) >= 11 is 0. The number of para-hydroxylation sites is 2. The minimum absolute atomic E-state index is 0.796. The van der Waals surface area contributed by atoms with E-state index in [2.05, 4.69) is 271 Å². The standard InChI is InChI=1S/C65H54BN3/c1-2-3-9-22-47-41-60(65-64(42-47)69(57-36-21-30-52(44-57)49-25-12-5-13-26-49)63-45-53(37-40-61(63)66-65)50-27-14-6-15-28-50)59-39-38-58(68(55-32-16-7-17-33-55)56-34-18-8-19-35-56)46-62(59)67-54-31-20-29-51(43-54)48-23-10-4-11-24-48/h4-8,10-21,23-46,66-67H,2-3,9,22H2,1H3. The van der Waals surface area contributed by atoms with Crippen molar-refractivity contribution in [3.8, 4) is 44.5 Å². The summed E-state index contributed by atoms with van der Waals surface area (Å²) in [5, 5.41) is 4.03. The van der Waals surface area contributed by atoms with Gasteiger partial charge in [0.05, 0.1) is 0 Å². The van der Waals surface area contributed by atoms with Crippen LogP contribution >= 0.6 is 0 Å². The highest BCUT2D eigenvalue weighted by atomic mass is 15.2. The molecule has 0 saturated carbocycles. The van der Waals surface area contributed by atoms with Gasteiger partial charge in [-0.1, -0.05) is 201 Å². The molecule has 0 aromatic heterocycles. The molecule has 0 unspecified atom stereocenters. The minimum atomic E-state index is 0.796. The molecule has 1 aliphatic rings. The predicted octanol–water partition coefficient (Wildman–Crippen LogP) is 16.5. The van der Waals surface area contributed by atoms with Crippen LogP contribution in [0, 0.1) is 0 Å². The maximum Gasteiger partial charge on any atom is 0.198 e. The molecule has 11 rings (SSSR count). The molecule has 3 nitrogen and oxygen atoms in total. The zero-order valence-electron chi connectivity index (χ0n) is 39.1. The molecule has 0 bridgehead atoms. The summed E-state index contributed by atoms with van der Waals surface area (Å²) in [6.45, 7) is 2.29. The highest BCUT2D eigenvalue weighted by molar-refractivity contribution is 6.73. The summed E-state index contributed by atoms with van der Waals surface area (Å²) in [4.78, 5) is 4.91. The van der Waals surface area contributed by atoms with Crippen molar-refractivity contribution in [3.63, 3.8) is 0 Å². The lowest BCUT2D eigenvalue weighted by Crippen LogP contribution is -2.41. The van der Waals surface area contributed by atoms with E-state index in [-0.39, 0.29) is 0 Å². The summed E-state index contributed by atoms with van der Waals surface area (Å²) in [5.74, 6) is 0. The van der Waals surface area contributed by atoms with Gasteiger partial charge < -0.3 is 15.1 Å². The topological polar surface area (TPSA) is 18.5 Å². The van der Waals surface area contributed by atoms with Crippen LogP contribution in [0.3, 0.4) is 0 Å². The molecule has 1 heterocycles. The molecule has 0 spiro atoms. The second-order valence-corrected chi connectivity index (χ2v) is 18.0. The van der Waals surface area contributed by atoms with E-state index in [1.165, 1.54) is 85.2 Å². The summed E-state index contributed by atoms with van der Waals surface area (Å²) in [5.41, 5.74) is 22.5. The lowest BCUT2D eigenvalue weighted by molar-refractivity contribution is 0.717. The Morgan fingerprint density at radius 1 is 0.420 bits per heavy atom. The molecular weight excluding hydrogens is 834 g/mol. The van der Waals surface area contributed by atoms with Gasteiger partial charge in [-0.3, -0.25) is 0 Å². The van der Waals surface area contributed by atoms with Gasteiger partial charge in [-0.25, -0.2) is 0 Å². The maximum absolute atomic E-state index is 4.03. The number of hydrogen-bond donors (Lipinski definition) is 1. The number of benzene rings is 10. The molecular formula is C65H54BN3. The van der Waals surface area contributed by atoms with Crippen molar-refractivity contribution in [2.75, 3.05) is 15.1 Å². The van der Waals surface area contributed by atoms with Gasteiger partial charge in [-0.15, -0.1) is 0 Å². The summed E-state index contributed by atoms with van der Waals surface area (Å²) in [7, 11) is 0.796. The van der Waals surface area contributed by atoms with E-state index in [0.717, 1.165) is 54.2 Å². The molecule has 332 valence electrons. The van der Waals surface area contributed by atoms with Gasteiger partial charge in [0.1, 0.15) is 0 Å². The largest absolute Gasteiger partial charge is 0.355 e. The van der Waals surface area contributed by atoms with E-state index in [9.17, 15) is 0 Å². The van der Waals surface area contributed by atoms with Crippen molar-refractivity contribution in [3.05, 3.63) is 254 Å². The second kappa shape index (κ2) is 19.9. The maximum atomic E-state index is 4.03. The van der Waals surface area contributed by atoms with Crippen LogP contribution in [0.2, 0.25) is 0 Å². The molecule has 10 aromatic carbocycles. The van der Waals surface area contributed by atoms with Crippen molar-refractivity contribution >= 4 is 63.7 Å². The van der Waals surface area contributed by atoms with Gasteiger partial charge in [-0.05, 0) is 136 Å². The molecule has 0 radical (unpaired) electrons. The van der Waals surface area contributed by atoms with E-state index < -0.39 is 0 Å². The Labute approximate surface area is 408 Å². The summed E-state index contributed by atoms with van der Waals surface area (Å²) in [6.07, 6.45) is 4.49. The third kappa shape index (κ3) is 9.22. The zero-order valence-corrected chi connectivity index (χ0v) is 39.1. The summed E-state index contributed by atoms with van der Waals surface area (Å²) in [6, 6.07) is 90.6. The highest BCUT2D eigenvalue weighted by Crippen LogP contribution is 2.44. The molecule has 1 aliphatic heterocycles. The lowest BCUT2D eigenvalue weighted by atomic mass is 9.57. The van der Waals surface area contributed by atoms with E-state index in [0.29, 0.717) is 0 Å². The van der Waals surface area contributed by atoms with E-state index >= 15 is 0 Å². The minimum Gasteiger partial charge on any atom is -0.355 e. The fourth-order valence-corrected chi connectivity index (χ4v) is 10.0. The average Bonchev–Trinajstić information content (AvgIpc) is 3.42. The lowest BCUT2D eigenvalue weighted by Gasteiger charge is -2.36. The second-order valence-electron chi connectivity index (χ2n) is 18.0. The highest BCUT2D eigenvalue weighted by Gasteiger charge is 2.30. The number of nitrogens with one attached hydrogen (secondary N) is 1. The van der Waals surface area contributed by atoms with Crippen LogP contribution in [0.4, 0.5) is 45.5 Å². The Morgan fingerprint density at radius 2 is 0.986 bits per heavy atom. The molecule has 0 atom stereocenters. The van der Waals surface area contributed by atoms with Gasteiger partial charge >= 0.3 is 0 Å². The molecule has 0 saturated heterocycles. The quantitative estimate of drug-likeness (QED) is 0.0867. The Morgan fingerprint density at radius 3 is 1.61 bits per heavy atom. The number of fused-ring (bicyclic) bond motifs is 2. The fraction of sp³-hybridized carbons (Fsp3) is 0.0769. The SMILES string of the molecule is CCCCCc1cc(-c2ccc(N(c3ccccc3)c3ccccc3)cc2Nc2cccc(-c3ccccc3)c2)c2c(c1)N(c1cccc(-c3ccccc3)c1)c1cc(-c3ccccc3)ccc1B2. The van der Waals surface area contributed by atoms with Crippen LogP contribution in [-0.4, -0.2) is 7.28 Å². The first kappa shape index (κ1) is 43.2. The van der Waals surface area contributed by atoms with Crippen molar-refractivity contribution in [1.29, 1.82) is 0 Å². The average molecular weight is 888 g/mol. The van der Waals surface area contributed by atoms with Crippen LogP contribution in [0.25, 0.3) is 44.5 Å². The number of unbranched alkanes of at least 4 members (excludes halogenated alkanes) is 2. The Bertz CT molecular complexity index is 3300. The van der Waals surface area contributed by atoms with E-state index in [1.54, 1.807) is 0 Å². The first-order valence-electron chi connectivity index (χ1n) is 24.4. The fourth-order valence-electron chi connectivity index (χ4n) is 10.0. The van der Waals surface area contributed by atoms with Gasteiger partial charge in [-0.2, -0.15) is 0 Å². The van der Waals surface area contributed by atoms with Crippen LogP contribution in [0.1, 0.15) is 31.7 Å². The molecule has 0 aliphatic carbocycles. The molecule has 0 fully saturated rings. The number of rotatable bonds is 14. The first-order valence-corrected chi connectivity index (χ1v) is 24.4. The number of anilines is 8. The Hall–Kier alpha value is -8.34. The van der Waals surface area contributed by atoms with Gasteiger partial charge in [0.15, 0.2) is 7.28 Å². The van der Waals surface area contributed by atoms with Gasteiger partial charge in [0.25, 0.3) is 0 Å². The summed E-state index contributed by atoms with van der Waals surface area (Å²) < 4.78 is 0. The third-order valence-corrected chi connectivity index (χ3v) is 13.4. The van der Waals surface area contributed by atoms with Gasteiger partial charge in [0, 0.05) is 51.1 Å². The van der Waals surface area contributed by atoms with Crippen LogP contribution in [0.15, 0.2) is 249 Å². The zero-order chi connectivity index (χ0) is 46.4. The number of nitrogens with zero attached hydrogens (tertiary/aromatic N) is 2. The van der Waals surface area contributed by atoms with Gasteiger partial charge in [0.2, 0.25) is 0 Å². The third-order valence-electron chi connectivity index (χ3n) is 13.4. The Kier molecular flexibility index (Phi) is 12.5. The molecule has 0 amide bonds. The number of hydrogen-bond acceptors (Lipinski definition) is 3. The van der Waals surface area contributed by atoms with Crippen molar-refractivity contribution in [2.45, 2.75) is 32.6 Å². The molecule has 1 N–H and O–H groups in total. The van der Waals surface area contributed by atoms with Crippen molar-refractivity contribution in [1.82, 2.24) is 0 Å². The van der Waals surface area contributed by atoms with Crippen molar-refractivity contribution in [2.24, 2.45) is 0 Å². The smallest absolute Gasteiger partial charge is 0.198 e. The first-order chi connectivity index (χ1) is 34.2. The van der Waals surface area contributed by atoms with Crippen molar-refractivity contribution < 1.29 is 0 Å². The van der Waals surface area contributed by atoms with Crippen LogP contribution in [-0.2, 0) is 6.42 Å². The number of aryl methyl sites for hydroxylation is 1. The van der Waals surface area contributed by atoms with Crippen LogP contribution < -0.4 is 26.0 Å². The van der Waals surface area contributed by atoms with E-state index in [4.69, 9.17) is 0 Å². The molecule has 4 heteroatoms. The normalized spacial score (nSPS) is 11.6.